The summed E-state index contributed by atoms with van der Waals surface area (Å²) in [5, 5.41) is 0. The van der Waals surface area contributed by atoms with Crippen molar-refractivity contribution in [3.8, 4) is 5.75 Å². The number of benzene rings is 1. The number of carbonyl (C=O) groups excluding carboxylic acids is 2. The first-order valence-corrected chi connectivity index (χ1v) is 7.37. The molecule has 0 spiro atoms. The van der Waals surface area contributed by atoms with Crippen LogP contribution in [-0.2, 0) is 4.79 Å². The highest BCUT2D eigenvalue weighted by Crippen LogP contribution is 2.22. The standard InChI is InChI=1S/C16H16N4O4/c1-24-12-4-2-3-11(7-12)20-6-5-19(10-15(20)22)16(23)13-8-18-14(21)9-17-13/h2-4,7-9H,5-6,10H2,1H3,(H,18,21). The van der Waals surface area contributed by atoms with Crippen molar-refractivity contribution in [2.24, 2.45) is 0 Å². The van der Waals surface area contributed by atoms with Gasteiger partial charge in [0.1, 0.15) is 18.0 Å². The number of nitrogens with one attached hydrogen (secondary N) is 1. The number of methoxy groups -OCH3 is 1. The summed E-state index contributed by atoms with van der Waals surface area (Å²) in [4.78, 5) is 45.0. The van der Waals surface area contributed by atoms with Crippen LogP contribution in [0.2, 0.25) is 0 Å². The molecular formula is C16H16N4O4. The van der Waals surface area contributed by atoms with Crippen LogP contribution >= 0.6 is 0 Å². The van der Waals surface area contributed by atoms with Crippen molar-refractivity contribution in [3.63, 3.8) is 0 Å². The average molecular weight is 328 g/mol. The number of hydrogen-bond donors (Lipinski definition) is 1. The lowest BCUT2D eigenvalue weighted by Crippen LogP contribution is -2.52. The number of rotatable bonds is 3. The van der Waals surface area contributed by atoms with Crippen molar-refractivity contribution in [2.75, 3.05) is 31.6 Å². The SMILES string of the molecule is COc1cccc(N2CCN(C(=O)c3c[nH]c(=O)cn3)CC2=O)c1. The predicted octanol–water partition coefficient (Wildman–Crippen LogP) is 0.267. The van der Waals surface area contributed by atoms with Crippen molar-refractivity contribution in [1.29, 1.82) is 0 Å². The van der Waals surface area contributed by atoms with Crippen molar-refractivity contribution < 1.29 is 14.3 Å². The fourth-order valence-electron chi connectivity index (χ4n) is 2.52. The first-order chi connectivity index (χ1) is 11.6. The largest absolute Gasteiger partial charge is 0.497 e. The Hall–Kier alpha value is -3.16. The molecule has 1 aromatic heterocycles. The molecule has 2 amide bonds. The molecule has 1 aromatic carbocycles. The van der Waals surface area contributed by atoms with Crippen LogP contribution in [-0.4, -0.2) is 53.4 Å². The summed E-state index contributed by atoms with van der Waals surface area (Å²) in [5.41, 5.74) is 0.455. The number of aromatic amines is 1. The minimum atomic E-state index is -0.384. The van der Waals surface area contributed by atoms with Crippen LogP contribution in [0.15, 0.2) is 41.5 Å². The summed E-state index contributed by atoms with van der Waals surface area (Å²) >= 11 is 0. The molecule has 8 nitrogen and oxygen atoms in total. The second-order valence-corrected chi connectivity index (χ2v) is 5.27. The van der Waals surface area contributed by atoms with Crippen LogP contribution < -0.4 is 15.2 Å². The predicted molar refractivity (Wildman–Crippen MR) is 86.1 cm³/mol. The minimum Gasteiger partial charge on any atom is -0.497 e. The van der Waals surface area contributed by atoms with Gasteiger partial charge in [0.05, 0.1) is 13.3 Å². The minimum absolute atomic E-state index is 0.0448. The Bertz CT molecular complexity index is 812. The Morgan fingerprint density at radius 1 is 1.29 bits per heavy atom. The normalized spacial score (nSPS) is 14.6. The molecule has 2 aromatic rings. The maximum Gasteiger partial charge on any atom is 0.274 e. The van der Waals surface area contributed by atoms with E-state index in [2.05, 4.69) is 9.97 Å². The van der Waals surface area contributed by atoms with Gasteiger partial charge < -0.3 is 19.5 Å². The van der Waals surface area contributed by atoms with Crippen LogP contribution in [0.4, 0.5) is 5.69 Å². The summed E-state index contributed by atoms with van der Waals surface area (Å²) in [7, 11) is 1.56. The fraction of sp³-hybridized carbons (Fsp3) is 0.250. The van der Waals surface area contributed by atoms with Gasteiger partial charge in [-0.15, -0.1) is 0 Å². The lowest BCUT2D eigenvalue weighted by atomic mass is 10.2. The molecule has 0 atom stereocenters. The molecule has 0 aliphatic carbocycles. The second kappa shape index (κ2) is 6.53. The Balaban J connectivity index is 1.73. The zero-order valence-electron chi connectivity index (χ0n) is 13.1. The van der Waals surface area contributed by atoms with E-state index >= 15 is 0 Å². The molecule has 3 rings (SSSR count). The molecule has 8 heteroatoms. The summed E-state index contributed by atoms with van der Waals surface area (Å²) in [6.07, 6.45) is 2.30. The molecule has 124 valence electrons. The zero-order valence-corrected chi connectivity index (χ0v) is 13.1. The average Bonchev–Trinajstić information content (AvgIpc) is 2.61. The van der Waals surface area contributed by atoms with E-state index in [1.165, 1.54) is 11.1 Å². The van der Waals surface area contributed by atoms with E-state index in [0.29, 0.717) is 18.8 Å². The number of nitrogens with zero attached hydrogens (tertiary/aromatic N) is 3. The number of H-pyrrole nitrogens is 1. The van der Waals surface area contributed by atoms with Gasteiger partial charge in [-0.05, 0) is 12.1 Å². The quantitative estimate of drug-likeness (QED) is 0.872. The topological polar surface area (TPSA) is 95.6 Å². The van der Waals surface area contributed by atoms with Crippen molar-refractivity contribution >= 4 is 17.5 Å². The zero-order chi connectivity index (χ0) is 17.1. The van der Waals surface area contributed by atoms with Crippen molar-refractivity contribution in [2.45, 2.75) is 0 Å². The van der Waals surface area contributed by atoms with Crippen LogP contribution in [0, 0.1) is 0 Å². The van der Waals surface area contributed by atoms with E-state index < -0.39 is 0 Å². The van der Waals surface area contributed by atoms with E-state index in [4.69, 9.17) is 4.74 Å². The molecule has 1 aliphatic rings. The van der Waals surface area contributed by atoms with Gasteiger partial charge in [0.25, 0.3) is 11.5 Å². The summed E-state index contributed by atoms with van der Waals surface area (Å²) in [5.74, 6) is 0.0911. The number of amides is 2. The molecule has 0 radical (unpaired) electrons. The number of aromatic nitrogens is 2. The van der Waals surface area contributed by atoms with E-state index in [0.717, 1.165) is 11.9 Å². The van der Waals surface area contributed by atoms with Gasteiger partial charge in [-0.25, -0.2) is 4.98 Å². The summed E-state index contributed by atoms with van der Waals surface area (Å²) in [6.45, 7) is 0.709. The summed E-state index contributed by atoms with van der Waals surface area (Å²) in [6, 6.07) is 7.21. The number of piperazine rings is 1. The third kappa shape index (κ3) is 3.12. The molecule has 2 heterocycles. The van der Waals surface area contributed by atoms with Gasteiger partial charge in [-0.2, -0.15) is 0 Å². The highest BCUT2D eigenvalue weighted by molar-refractivity contribution is 6.00. The molecule has 1 N–H and O–H groups in total. The molecule has 0 unspecified atom stereocenters. The third-order valence-electron chi connectivity index (χ3n) is 3.76. The first-order valence-electron chi connectivity index (χ1n) is 7.37. The Morgan fingerprint density at radius 3 is 2.79 bits per heavy atom. The monoisotopic (exact) mass is 328 g/mol. The Labute approximate surface area is 137 Å². The first kappa shape index (κ1) is 15.7. The van der Waals surface area contributed by atoms with Gasteiger partial charge >= 0.3 is 0 Å². The molecular weight excluding hydrogens is 312 g/mol. The van der Waals surface area contributed by atoms with E-state index in [9.17, 15) is 14.4 Å². The van der Waals surface area contributed by atoms with Crippen molar-refractivity contribution in [1.82, 2.24) is 14.9 Å². The van der Waals surface area contributed by atoms with Crippen molar-refractivity contribution in [3.05, 3.63) is 52.7 Å². The smallest absolute Gasteiger partial charge is 0.274 e. The second-order valence-electron chi connectivity index (χ2n) is 5.27. The number of anilines is 1. The van der Waals surface area contributed by atoms with Gasteiger partial charge in [0.15, 0.2) is 0 Å². The van der Waals surface area contributed by atoms with Gasteiger partial charge in [0, 0.05) is 31.0 Å². The molecule has 1 aliphatic heterocycles. The molecule has 1 saturated heterocycles. The maximum atomic E-state index is 12.4. The number of hydrogen-bond acceptors (Lipinski definition) is 5. The van der Waals surface area contributed by atoms with Crippen LogP contribution in [0.1, 0.15) is 10.5 Å². The van der Waals surface area contributed by atoms with E-state index in [1.807, 2.05) is 12.1 Å². The van der Waals surface area contributed by atoms with E-state index in [-0.39, 0.29) is 29.6 Å². The maximum absolute atomic E-state index is 12.4. The fourth-order valence-corrected chi connectivity index (χ4v) is 2.52. The highest BCUT2D eigenvalue weighted by atomic mass is 16.5. The lowest BCUT2D eigenvalue weighted by molar-refractivity contribution is -0.120. The van der Waals surface area contributed by atoms with Gasteiger partial charge in [-0.1, -0.05) is 6.07 Å². The highest BCUT2D eigenvalue weighted by Gasteiger charge is 2.29. The van der Waals surface area contributed by atoms with Crippen LogP contribution in [0.5, 0.6) is 5.75 Å². The summed E-state index contributed by atoms with van der Waals surface area (Å²) < 4.78 is 5.17. The molecule has 0 bridgehead atoms. The van der Waals surface area contributed by atoms with Crippen LogP contribution in [0.25, 0.3) is 0 Å². The molecule has 0 saturated carbocycles. The van der Waals surface area contributed by atoms with Gasteiger partial charge in [-0.3, -0.25) is 14.4 Å². The number of carbonyl (C=O) groups is 2. The third-order valence-corrected chi connectivity index (χ3v) is 3.76. The molecule has 24 heavy (non-hydrogen) atoms. The Kier molecular flexibility index (Phi) is 4.28. The number of ether oxygens (including phenoxy) is 1. The Morgan fingerprint density at radius 2 is 2.12 bits per heavy atom. The van der Waals surface area contributed by atoms with Gasteiger partial charge in [0.2, 0.25) is 5.91 Å². The lowest BCUT2D eigenvalue weighted by Gasteiger charge is -2.34. The van der Waals surface area contributed by atoms with E-state index in [1.54, 1.807) is 24.1 Å². The molecule has 1 fully saturated rings. The van der Waals surface area contributed by atoms with Crippen LogP contribution in [0.3, 0.4) is 0 Å².